The van der Waals surface area contributed by atoms with Crippen molar-refractivity contribution in [1.29, 1.82) is 0 Å². The molecule has 0 N–H and O–H groups in total. The molecule has 0 aliphatic rings. The highest BCUT2D eigenvalue weighted by Crippen LogP contribution is 2.18. The molecule has 0 radical (unpaired) electrons. The first-order valence-corrected chi connectivity index (χ1v) is 8.66. The van der Waals surface area contributed by atoms with E-state index < -0.39 is 0 Å². The molecule has 0 fully saturated rings. The molecule has 5 nitrogen and oxygen atoms in total. The standard InChI is InChI=1S/C18H19N3O2S/c1-12(2)21-17(22)15-9-5-4-8-14(15)16(19-21)18(23)20(3)11-13-7-6-10-24-13/h4-10,12H,11H2,1-3H3. The van der Waals surface area contributed by atoms with Crippen LogP contribution in [-0.2, 0) is 6.54 Å². The second-order valence-corrected chi connectivity index (χ2v) is 7.01. The smallest absolute Gasteiger partial charge is 0.275 e. The van der Waals surface area contributed by atoms with Gasteiger partial charge in [0.25, 0.3) is 11.5 Å². The number of carbonyl (C=O) groups is 1. The Morgan fingerprint density at radius 2 is 1.92 bits per heavy atom. The highest BCUT2D eigenvalue weighted by Gasteiger charge is 2.21. The van der Waals surface area contributed by atoms with Crippen LogP contribution < -0.4 is 5.56 Å². The minimum absolute atomic E-state index is 0.115. The maximum absolute atomic E-state index is 12.9. The van der Waals surface area contributed by atoms with Crippen molar-refractivity contribution < 1.29 is 4.79 Å². The number of hydrogen-bond donors (Lipinski definition) is 0. The van der Waals surface area contributed by atoms with E-state index in [-0.39, 0.29) is 17.5 Å². The maximum Gasteiger partial charge on any atom is 0.275 e. The lowest BCUT2D eigenvalue weighted by Crippen LogP contribution is -2.32. The third-order valence-electron chi connectivity index (χ3n) is 3.84. The first-order chi connectivity index (χ1) is 11.5. The van der Waals surface area contributed by atoms with Gasteiger partial charge in [-0.15, -0.1) is 11.3 Å². The summed E-state index contributed by atoms with van der Waals surface area (Å²) in [5.41, 5.74) is 0.149. The minimum atomic E-state index is -0.186. The van der Waals surface area contributed by atoms with Crippen LogP contribution in [-0.4, -0.2) is 27.6 Å². The van der Waals surface area contributed by atoms with Crippen molar-refractivity contribution in [3.63, 3.8) is 0 Å². The second kappa shape index (κ2) is 6.57. The molecule has 24 heavy (non-hydrogen) atoms. The molecule has 0 aliphatic heterocycles. The van der Waals surface area contributed by atoms with Gasteiger partial charge in [-0.25, -0.2) is 4.68 Å². The van der Waals surface area contributed by atoms with Gasteiger partial charge in [0.15, 0.2) is 5.69 Å². The molecule has 0 spiro atoms. The van der Waals surface area contributed by atoms with E-state index in [9.17, 15) is 9.59 Å². The average Bonchev–Trinajstić information content (AvgIpc) is 3.07. The van der Waals surface area contributed by atoms with Gasteiger partial charge in [0, 0.05) is 17.3 Å². The molecule has 0 atom stereocenters. The molecule has 0 unspecified atom stereocenters. The number of benzene rings is 1. The van der Waals surface area contributed by atoms with Gasteiger partial charge in [0.05, 0.1) is 18.0 Å². The Morgan fingerprint density at radius 1 is 1.21 bits per heavy atom. The van der Waals surface area contributed by atoms with Crippen LogP contribution in [0, 0.1) is 0 Å². The first-order valence-electron chi connectivity index (χ1n) is 7.78. The normalized spacial score (nSPS) is 11.2. The Morgan fingerprint density at radius 3 is 2.54 bits per heavy atom. The molecule has 124 valence electrons. The largest absolute Gasteiger partial charge is 0.335 e. The number of aromatic nitrogens is 2. The van der Waals surface area contributed by atoms with Crippen molar-refractivity contribution >= 4 is 28.0 Å². The molecule has 0 saturated carbocycles. The van der Waals surface area contributed by atoms with Gasteiger partial charge in [0.1, 0.15) is 0 Å². The van der Waals surface area contributed by atoms with Gasteiger partial charge in [-0.05, 0) is 31.4 Å². The number of rotatable bonds is 4. The first kappa shape index (κ1) is 16.4. The van der Waals surface area contributed by atoms with E-state index in [1.54, 1.807) is 41.5 Å². The summed E-state index contributed by atoms with van der Waals surface area (Å²) < 4.78 is 1.38. The fourth-order valence-electron chi connectivity index (χ4n) is 2.60. The van der Waals surface area contributed by atoms with Crippen LogP contribution in [0.5, 0.6) is 0 Å². The Balaban J connectivity index is 2.09. The van der Waals surface area contributed by atoms with Gasteiger partial charge in [-0.3, -0.25) is 9.59 Å². The number of fused-ring (bicyclic) bond motifs is 1. The van der Waals surface area contributed by atoms with Crippen LogP contribution in [0.15, 0.2) is 46.6 Å². The zero-order valence-electron chi connectivity index (χ0n) is 13.9. The topological polar surface area (TPSA) is 55.2 Å². The lowest BCUT2D eigenvalue weighted by atomic mass is 10.1. The molecule has 2 aromatic heterocycles. The Hall–Kier alpha value is -2.47. The summed E-state index contributed by atoms with van der Waals surface area (Å²) in [5.74, 6) is -0.186. The minimum Gasteiger partial charge on any atom is -0.335 e. The van der Waals surface area contributed by atoms with E-state index in [2.05, 4.69) is 5.10 Å². The summed E-state index contributed by atoms with van der Waals surface area (Å²) in [4.78, 5) is 28.2. The number of nitrogens with zero attached hydrogens (tertiary/aromatic N) is 3. The highest BCUT2D eigenvalue weighted by atomic mass is 32.1. The van der Waals surface area contributed by atoms with Crippen molar-refractivity contribution in [2.45, 2.75) is 26.4 Å². The Labute approximate surface area is 144 Å². The number of thiophene rings is 1. The van der Waals surface area contributed by atoms with E-state index in [1.807, 2.05) is 37.4 Å². The maximum atomic E-state index is 12.9. The van der Waals surface area contributed by atoms with Crippen LogP contribution in [0.4, 0.5) is 0 Å². The third kappa shape index (κ3) is 2.97. The van der Waals surface area contributed by atoms with Crippen molar-refractivity contribution in [2.24, 2.45) is 0 Å². The molecule has 3 rings (SSSR count). The summed E-state index contributed by atoms with van der Waals surface area (Å²) in [5, 5.41) is 7.47. The van der Waals surface area contributed by atoms with Crippen molar-refractivity contribution in [3.8, 4) is 0 Å². The molecule has 1 aromatic carbocycles. The lowest BCUT2D eigenvalue weighted by molar-refractivity contribution is 0.0780. The molecular weight excluding hydrogens is 322 g/mol. The molecule has 3 aromatic rings. The van der Waals surface area contributed by atoms with E-state index in [0.29, 0.717) is 23.0 Å². The SMILES string of the molecule is CC(C)n1nc(C(=O)N(C)Cc2cccs2)c2ccccc2c1=O. The zero-order chi connectivity index (χ0) is 17.3. The molecule has 2 heterocycles. The van der Waals surface area contributed by atoms with Gasteiger partial charge < -0.3 is 4.90 Å². The summed E-state index contributed by atoms with van der Waals surface area (Å²) in [6.45, 7) is 4.28. The predicted octanol–water partition coefficient (Wildman–Crippen LogP) is 3.31. The van der Waals surface area contributed by atoms with Gasteiger partial charge in [0.2, 0.25) is 0 Å². The molecule has 0 aliphatic carbocycles. The number of amides is 1. The highest BCUT2D eigenvalue weighted by molar-refractivity contribution is 7.09. The van der Waals surface area contributed by atoms with Crippen molar-refractivity contribution in [3.05, 3.63) is 62.7 Å². The van der Waals surface area contributed by atoms with Crippen LogP contribution in [0.3, 0.4) is 0 Å². The number of hydrogen-bond acceptors (Lipinski definition) is 4. The van der Waals surface area contributed by atoms with Crippen LogP contribution in [0.25, 0.3) is 10.8 Å². The molecule has 0 bridgehead atoms. The fourth-order valence-corrected chi connectivity index (χ4v) is 3.36. The molecule has 6 heteroatoms. The van der Waals surface area contributed by atoms with Gasteiger partial charge in [-0.1, -0.05) is 24.3 Å². The monoisotopic (exact) mass is 341 g/mol. The van der Waals surface area contributed by atoms with E-state index in [0.717, 1.165) is 4.88 Å². The molecule has 1 amide bonds. The quantitative estimate of drug-likeness (QED) is 0.731. The second-order valence-electron chi connectivity index (χ2n) is 5.98. The van der Waals surface area contributed by atoms with Crippen LogP contribution >= 0.6 is 11.3 Å². The van der Waals surface area contributed by atoms with Crippen LogP contribution in [0.2, 0.25) is 0 Å². The predicted molar refractivity (Wildman–Crippen MR) is 96.5 cm³/mol. The van der Waals surface area contributed by atoms with Crippen molar-refractivity contribution in [2.75, 3.05) is 7.05 Å². The summed E-state index contributed by atoms with van der Waals surface area (Å²) in [6.07, 6.45) is 0. The summed E-state index contributed by atoms with van der Waals surface area (Å²) >= 11 is 1.61. The Bertz CT molecular complexity index is 929. The number of carbonyl (C=O) groups excluding carboxylic acids is 1. The molecular formula is C18H19N3O2S. The van der Waals surface area contributed by atoms with Gasteiger partial charge in [-0.2, -0.15) is 5.10 Å². The fraction of sp³-hybridized carbons (Fsp3) is 0.278. The van der Waals surface area contributed by atoms with Crippen molar-refractivity contribution in [1.82, 2.24) is 14.7 Å². The van der Waals surface area contributed by atoms with E-state index in [1.165, 1.54) is 4.68 Å². The Kier molecular flexibility index (Phi) is 4.49. The molecule has 0 saturated heterocycles. The van der Waals surface area contributed by atoms with E-state index in [4.69, 9.17) is 0 Å². The average molecular weight is 341 g/mol. The summed E-state index contributed by atoms with van der Waals surface area (Å²) in [7, 11) is 1.75. The van der Waals surface area contributed by atoms with E-state index >= 15 is 0 Å². The third-order valence-corrected chi connectivity index (χ3v) is 4.70. The van der Waals surface area contributed by atoms with Gasteiger partial charge >= 0.3 is 0 Å². The van der Waals surface area contributed by atoms with Crippen LogP contribution in [0.1, 0.15) is 35.3 Å². The summed E-state index contributed by atoms with van der Waals surface area (Å²) in [6, 6.07) is 11.0. The zero-order valence-corrected chi connectivity index (χ0v) is 14.7. The lowest BCUT2D eigenvalue weighted by Gasteiger charge is -2.18.